The number of methoxy groups -OCH3 is 1. The molecular formula is C13H22IN3O2. The van der Waals surface area contributed by atoms with Crippen molar-refractivity contribution in [2.24, 2.45) is 10.7 Å². The van der Waals surface area contributed by atoms with Crippen LogP contribution in [0.5, 0.6) is 11.5 Å². The summed E-state index contributed by atoms with van der Waals surface area (Å²) in [6, 6.07) is 7.75. The maximum Gasteiger partial charge on any atom is 0.188 e. The van der Waals surface area contributed by atoms with Crippen LogP contribution in [0.25, 0.3) is 0 Å². The second-order valence-electron chi connectivity index (χ2n) is 4.09. The van der Waals surface area contributed by atoms with Crippen LogP contribution in [0.4, 0.5) is 0 Å². The van der Waals surface area contributed by atoms with Crippen LogP contribution in [0.3, 0.4) is 0 Å². The fourth-order valence-electron chi connectivity index (χ4n) is 1.36. The third-order valence-corrected chi connectivity index (χ3v) is 2.12. The molecule has 19 heavy (non-hydrogen) atoms. The summed E-state index contributed by atoms with van der Waals surface area (Å²) < 4.78 is 10.6. The minimum Gasteiger partial charge on any atom is -0.497 e. The zero-order valence-electron chi connectivity index (χ0n) is 11.6. The second-order valence-corrected chi connectivity index (χ2v) is 4.09. The SMILES string of the molecule is COc1cccc(OCCN=C(N)NC(C)C)c1.I. The molecule has 108 valence electrons. The minimum absolute atomic E-state index is 0. The normalized spacial score (nSPS) is 10.8. The number of hydrogen-bond donors (Lipinski definition) is 2. The molecule has 0 aliphatic carbocycles. The van der Waals surface area contributed by atoms with Crippen molar-refractivity contribution in [3.63, 3.8) is 0 Å². The fourth-order valence-corrected chi connectivity index (χ4v) is 1.36. The Morgan fingerprint density at radius 3 is 2.68 bits per heavy atom. The van der Waals surface area contributed by atoms with E-state index in [0.29, 0.717) is 19.1 Å². The number of nitrogens with zero attached hydrogens (tertiary/aromatic N) is 1. The van der Waals surface area contributed by atoms with Gasteiger partial charge in [-0.25, -0.2) is 4.99 Å². The third kappa shape index (κ3) is 7.76. The predicted octanol–water partition coefficient (Wildman–Crippen LogP) is 2.00. The topological polar surface area (TPSA) is 68.9 Å². The van der Waals surface area contributed by atoms with Gasteiger partial charge in [-0.1, -0.05) is 6.07 Å². The summed E-state index contributed by atoms with van der Waals surface area (Å²) in [7, 11) is 1.63. The van der Waals surface area contributed by atoms with Crippen LogP contribution in [0.1, 0.15) is 13.8 Å². The number of nitrogens with two attached hydrogens (primary N) is 1. The van der Waals surface area contributed by atoms with Crippen molar-refractivity contribution >= 4 is 29.9 Å². The lowest BCUT2D eigenvalue weighted by Gasteiger charge is -2.09. The van der Waals surface area contributed by atoms with Crippen LogP contribution >= 0.6 is 24.0 Å². The van der Waals surface area contributed by atoms with Gasteiger partial charge < -0.3 is 20.5 Å². The van der Waals surface area contributed by atoms with E-state index in [0.717, 1.165) is 11.5 Å². The third-order valence-electron chi connectivity index (χ3n) is 2.12. The van der Waals surface area contributed by atoms with Crippen molar-refractivity contribution in [2.45, 2.75) is 19.9 Å². The highest BCUT2D eigenvalue weighted by molar-refractivity contribution is 14.0. The maximum absolute atomic E-state index is 5.66. The van der Waals surface area contributed by atoms with E-state index in [1.807, 2.05) is 38.1 Å². The first-order chi connectivity index (χ1) is 8.61. The van der Waals surface area contributed by atoms with E-state index < -0.39 is 0 Å². The zero-order valence-corrected chi connectivity index (χ0v) is 13.9. The number of rotatable bonds is 6. The van der Waals surface area contributed by atoms with Crippen molar-refractivity contribution in [3.8, 4) is 11.5 Å². The van der Waals surface area contributed by atoms with E-state index in [1.54, 1.807) is 7.11 Å². The number of aliphatic imine (C=N–C) groups is 1. The van der Waals surface area contributed by atoms with Gasteiger partial charge in [-0.2, -0.15) is 0 Å². The van der Waals surface area contributed by atoms with E-state index in [1.165, 1.54) is 0 Å². The van der Waals surface area contributed by atoms with Crippen molar-refractivity contribution < 1.29 is 9.47 Å². The predicted molar refractivity (Wildman–Crippen MR) is 88.7 cm³/mol. The number of hydrogen-bond acceptors (Lipinski definition) is 3. The minimum atomic E-state index is 0. The zero-order chi connectivity index (χ0) is 13.4. The first-order valence-corrected chi connectivity index (χ1v) is 5.95. The molecular weight excluding hydrogens is 357 g/mol. The molecule has 0 heterocycles. The highest BCUT2D eigenvalue weighted by atomic mass is 127. The Bertz CT molecular complexity index is 397. The van der Waals surface area contributed by atoms with Crippen LogP contribution < -0.4 is 20.5 Å². The van der Waals surface area contributed by atoms with Gasteiger partial charge in [0.15, 0.2) is 5.96 Å². The molecule has 0 unspecified atom stereocenters. The van der Waals surface area contributed by atoms with E-state index in [-0.39, 0.29) is 30.0 Å². The summed E-state index contributed by atoms with van der Waals surface area (Å²) in [4.78, 5) is 4.15. The number of nitrogens with one attached hydrogen (secondary N) is 1. The van der Waals surface area contributed by atoms with Gasteiger partial charge in [0.2, 0.25) is 0 Å². The van der Waals surface area contributed by atoms with Crippen molar-refractivity contribution in [2.75, 3.05) is 20.3 Å². The van der Waals surface area contributed by atoms with Gasteiger partial charge in [-0.15, -0.1) is 24.0 Å². The maximum atomic E-state index is 5.66. The molecule has 3 N–H and O–H groups in total. The molecule has 1 rings (SSSR count). The average Bonchev–Trinajstić information content (AvgIpc) is 2.34. The molecule has 0 saturated heterocycles. The standard InChI is InChI=1S/C13H21N3O2.HI/c1-10(2)16-13(14)15-7-8-18-12-6-4-5-11(9-12)17-3;/h4-6,9-10H,7-8H2,1-3H3,(H3,14,15,16);1H. The van der Waals surface area contributed by atoms with Gasteiger partial charge in [0, 0.05) is 12.1 Å². The number of benzene rings is 1. The van der Waals surface area contributed by atoms with Crippen molar-refractivity contribution in [3.05, 3.63) is 24.3 Å². The molecule has 0 spiro atoms. The Balaban J connectivity index is 0.00000324. The summed E-state index contributed by atoms with van der Waals surface area (Å²) in [5.41, 5.74) is 5.66. The highest BCUT2D eigenvalue weighted by Gasteiger charge is 1.97. The fraction of sp³-hybridized carbons (Fsp3) is 0.462. The van der Waals surface area contributed by atoms with Crippen LogP contribution in [0.2, 0.25) is 0 Å². The lowest BCUT2D eigenvalue weighted by atomic mass is 10.3. The number of halogens is 1. The molecule has 0 aliphatic rings. The number of ether oxygens (including phenoxy) is 2. The van der Waals surface area contributed by atoms with Crippen LogP contribution in [0, 0.1) is 0 Å². The molecule has 0 saturated carbocycles. The Hall–Kier alpha value is -1.18. The number of guanidine groups is 1. The summed E-state index contributed by atoms with van der Waals surface area (Å²) in [6.45, 7) is 5.01. The van der Waals surface area contributed by atoms with E-state index in [2.05, 4.69) is 10.3 Å². The smallest absolute Gasteiger partial charge is 0.188 e. The molecule has 0 aromatic heterocycles. The first kappa shape index (κ1) is 17.8. The molecule has 0 fully saturated rings. The Labute approximate surface area is 131 Å². The van der Waals surface area contributed by atoms with Crippen LogP contribution in [-0.2, 0) is 0 Å². The largest absolute Gasteiger partial charge is 0.497 e. The summed E-state index contributed by atoms with van der Waals surface area (Å²) in [6.07, 6.45) is 0. The molecule has 5 nitrogen and oxygen atoms in total. The molecule has 1 aromatic rings. The van der Waals surface area contributed by atoms with Gasteiger partial charge in [0.25, 0.3) is 0 Å². The molecule has 0 aliphatic heterocycles. The second kappa shape index (κ2) is 9.71. The van der Waals surface area contributed by atoms with Gasteiger partial charge >= 0.3 is 0 Å². The average molecular weight is 379 g/mol. The molecule has 6 heteroatoms. The molecule has 1 aromatic carbocycles. The Morgan fingerprint density at radius 2 is 2.05 bits per heavy atom. The highest BCUT2D eigenvalue weighted by Crippen LogP contribution is 2.18. The van der Waals surface area contributed by atoms with Crippen LogP contribution in [0.15, 0.2) is 29.3 Å². The van der Waals surface area contributed by atoms with Crippen molar-refractivity contribution in [1.82, 2.24) is 5.32 Å². The lowest BCUT2D eigenvalue weighted by Crippen LogP contribution is -2.37. The lowest BCUT2D eigenvalue weighted by molar-refractivity contribution is 0.325. The quantitative estimate of drug-likeness (QED) is 0.343. The summed E-state index contributed by atoms with van der Waals surface area (Å²) in [5, 5.41) is 3.01. The monoisotopic (exact) mass is 379 g/mol. The molecule has 0 bridgehead atoms. The van der Waals surface area contributed by atoms with E-state index in [9.17, 15) is 0 Å². The van der Waals surface area contributed by atoms with E-state index in [4.69, 9.17) is 15.2 Å². The van der Waals surface area contributed by atoms with E-state index >= 15 is 0 Å². The molecule has 0 radical (unpaired) electrons. The molecule has 0 amide bonds. The van der Waals surface area contributed by atoms with Crippen LogP contribution in [-0.4, -0.2) is 32.3 Å². The molecule has 0 atom stereocenters. The summed E-state index contributed by atoms with van der Waals surface area (Å²) >= 11 is 0. The van der Waals surface area contributed by atoms with Gasteiger partial charge in [0.05, 0.1) is 13.7 Å². The van der Waals surface area contributed by atoms with Crippen molar-refractivity contribution in [1.29, 1.82) is 0 Å². The summed E-state index contributed by atoms with van der Waals surface area (Å²) in [5.74, 6) is 1.98. The van der Waals surface area contributed by atoms with Gasteiger partial charge in [-0.05, 0) is 26.0 Å². The van der Waals surface area contributed by atoms with Gasteiger partial charge in [-0.3, -0.25) is 0 Å². The Morgan fingerprint density at radius 1 is 1.37 bits per heavy atom. The first-order valence-electron chi connectivity index (χ1n) is 5.95. The Kier molecular flexibility index (Phi) is 9.11. The van der Waals surface area contributed by atoms with Gasteiger partial charge in [0.1, 0.15) is 18.1 Å².